The number of esters is 1. The number of hydrogen-bond acceptors (Lipinski definition) is 3. The van der Waals surface area contributed by atoms with E-state index < -0.39 is 5.97 Å². The van der Waals surface area contributed by atoms with Crippen LogP contribution < -0.4 is 4.74 Å². The second-order valence-electron chi connectivity index (χ2n) is 2.24. The van der Waals surface area contributed by atoms with Crippen molar-refractivity contribution in [2.45, 2.75) is 0 Å². The Kier molecular flexibility index (Phi) is 3.14. The largest absolute Gasteiger partial charge is 0.494 e. The first-order valence-corrected chi connectivity index (χ1v) is 3.90. The molecule has 0 saturated carbocycles. The van der Waals surface area contributed by atoms with Crippen LogP contribution in [-0.4, -0.2) is 20.2 Å². The predicted octanol–water partition coefficient (Wildman–Crippen LogP) is 1.94. The molecular formula is C9H8ClO3. The lowest BCUT2D eigenvalue weighted by atomic mass is 10.2. The van der Waals surface area contributed by atoms with Gasteiger partial charge in [0.25, 0.3) is 0 Å². The van der Waals surface area contributed by atoms with E-state index in [1.165, 1.54) is 26.4 Å². The summed E-state index contributed by atoms with van der Waals surface area (Å²) < 4.78 is 9.48. The van der Waals surface area contributed by atoms with Gasteiger partial charge in [-0.2, -0.15) is 0 Å². The minimum Gasteiger partial charge on any atom is -0.494 e. The van der Waals surface area contributed by atoms with Crippen LogP contribution in [0.3, 0.4) is 0 Å². The average molecular weight is 200 g/mol. The molecular weight excluding hydrogens is 192 g/mol. The van der Waals surface area contributed by atoms with Crippen molar-refractivity contribution in [3.63, 3.8) is 0 Å². The van der Waals surface area contributed by atoms with Crippen LogP contribution in [0.25, 0.3) is 0 Å². The number of ether oxygens (including phenoxy) is 2. The van der Waals surface area contributed by atoms with E-state index in [1.54, 1.807) is 0 Å². The van der Waals surface area contributed by atoms with Gasteiger partial charge in [0.15, 0.2) is 5.75 Å². The molecule has 1 aromatic rings. The highest BCUT2D eigenvalue weighted by Gasteiger charge is 2.14. The van der Waals surface area contributed by atoms with Gasteiger partial charge in [0, 0.05) is 0 Å². The monoisotopic (exact) mass is 199 g/mol. The SMILES string of the molecule is COC(=O)c1c[c]cc(Cl)c1OC. The number of benzene rings is 1. The Hall–Kier alpha value is -1.22. The number of methoxy groups -OCH3 is 2. The summed E-state index contributed by atoms with van der Waals surface area (Å²) in [6.45, 7) is 0. The van der Waals surface area contributed by atoms with Gasteiger partial charge in [-0.15, -0.1) is 0 Å². The number of carbonyl (C=O) groups excluding carboxylic acids is 1. The summed E-state index contributed by atoms with van der Waals surface area (Å²) in [5.41, 5.74) is 0.275. The third-order valence-corrected chi connectivity index (χ3v) is 1.79. The number of hydrogen-bond donors (Lipinski definition) is 0. The number of carbonyl (C=O) groups is 1. The molecule has 0 aromatic heterocycles. The van der Waals surface area contributed by atoms with Gasteiger partial charge in [-0.3, -0.25) is 0 Å². The van der Waals surface area contributed by atoms with Crippen LogP contribution in [0.2, 0.25) is 5.02 Å². The molecule has 1 radical (unpaired) electrons. The zero-order chi connectivity index (χ0) is 9.84. The van der Waals surface area contributed by atoms with Gasteiger partial charge in [-0.05, 0) is 18.2 Å². The fourth-order valence-corrected chi connectivity index (χ4v) is 1.17. The summed E-state index contributed by atoms with van der Waals surface area (Å²) in [5, 5.41) is 0.338. The Morgan fingerprint density at radius 2 is 2.15 bits per heavy atom. The molecule has 0 aliphatic rings. The van der Waals surface area contributed by atoms with Crippen molar-refractivity contribution in [3.05, 3.63) is 28.8 Å². The molecule has 0 heterocycles. The fourth-order valence-electron chi connectivity index (χ4n) is 0.927. The Morgan fingerprint density at radius 1 is 1.46 bits per heavy atom. The fraction of sp³-hybridized carbons (Fsp3) is 0.222. The van der Waals surface area contributed by atoms with Crippen LogP contribution in [0.5, 0.6) is 5.75 Å². The molecule has 3 nitrogen and oxygen atoms in total. The van der Waals surface area contributed by atoms with E-state index in [0.29, 0.717) is 10.8 Å². The van der Waals surface area contributed by atoms with Crippen molar-refractivity contribution in [1.29, 1.82) is 0 Å². The van der Waals surface area contributed by atoms with E-state index in [4.69, 9.17) is 16.3 Å². The van der Waals surface area contributed by atoms with E-state index >= 15 is 0 Å². The molecule has 4 heteroatoms. The summed E-state index contributed by atoms with van der Waals surface area (Å²) in [6, 6.07) is 5.70. The van der Waals surface area contributed by atoms with Crippen LogP contribution in [0.4, 0.5) is 0 Å². The molecule has 13 heavy (non-hydrogen) atoms. The van der Waals surface area contributed by atoms with Gasteiger partial charge in [-0.1, -0.05) is 11.6 Å². The van der Waals surface area contributed by atoms with E-state index in [1.807, 2.05) is 0 Å². The Bertz CT molecular complexity index is 323. The van der Waals surface area contributed by atoms with Crippen LogP contribution in [0.15, 0.2) is 12.1 Å². The van der Waals surface area contributed by atoms with Gasteiger partial charge < -0.3 is 9.47 Å². The maximum atomic E-state index is 11.2. The molecule has 1 rings (SSSR count). The second kappa shape index (κ2) is 4.14. The first-order chi connectivity index (χ1) is 6.20. The van der Waals surface area contributed by atoms with Crippen molar-refractivity contribution >= 4 is 17.6 Å². The zero-order valence-electron chi connectivity index (χ0n) is 7.26. The average Bonchev–Trinajstić information content (AvgIpc) is 2.16. The smallest absolute Gasteiger partial charge is 0.341 e. The maximum absolute atomic E-state index is 11.2. The summed E-state index contributed by atoms with van der Waals surface area (Å²) in [5.74, 6) is -0.178. The molecule has 0 bridgehead atoms. The molecule has 0 unspecified atom stereocenters. The van der Waals surface area contributed by atoms with E-state index in [-0.39, 0.29) is 5.56 Å². The lowest BCUT2D eigenvalue weighted by molar-refractivity contribution is 0.0597. The van der Waals surface area contributed by atoms with Crippen LogP contribution >= 0.6 is 11.6 Å². The molecule has 69 valence electrons. The first-order valence-electron chi connectivity index (χ1n) is 3.52. The van der Waals surface area contributed by atoms with Crippen molar-refractivity contribution in [2.24, 2.45) is 0 Å². The molecule has 0 fully saturated rings. The van der Waals surface area contributed by atoms with Crippen molar-refractivity contribution in [3.8, 4) is 5.75 Å². The molecule has 0 N–H and O–H groups in total. The van der Waals surface area contributed by atoms with Gasteiger partial charge in [0.2, 0.25) is 0 Å². The first kappa shape index (κ1) is 9.86. The Morgan fingerprint density at radius 3 is 2.69 bits per heavy atom. The minimum atomic E-state index is -0.490. The minimum absolute atomic E-state index is 0.275. The van der Waals surface area contributed by atoms with E-state index in [2.05, 4.69) is 10.8 Å². The Labute approximate surface area is 81.2 Å². The van der Waals surface area contributed by atoms with Crippen molar-refractivity contribution in [2.75, 3.05) is 14.2 Å². The summed E-state index contributed by atoms with van der Waals surface area (Å²) in [7, 11) is 2.73. The Balaban J connectivity index is 3.20. The van der Waals surface area contributed by atoms with Gasteiger partial charge >= 0.3 is 5.97 Å². The molecule has 0 aliphatic heterocycles. The highest BCUT2D eigenvalue weighted by atomic mass is 35.5. The highest BCUT2D eigenvalue weighted by molar-refractivity contribution is 6.32. The van der Waals surface area contributed by atoms with E-state index in [9.17, 15) is 4.79 Å². The van der Waals surface area contributed by atoms with Crippen LogP contribution in [0, 0.1) is 6.07 Å². The lowest BCUT2D eigenvalue weighted by Crippen LogP contribution is -2.04. The normalized spacial score (nSPS) is 9.46. The lowest BCUT2D eigenvalue weighted by Gasteiger charge is -2.07. The predicted molar refractivity (Wildman–Crippen MR) is 48.2 cm³/mol. The number of rotatable bonds is 2. The van der Waals surface area contributed by atoms with Crippen molar-refractivity contribution < 1.29 is 14.3 Å². The van der Waals surface area contributed by atoms with E-state index in [0.717, 1.165) is 0 Å². The third-order valence-electron chi connectivity index (χ3n) is 1.51. The van der Waals surface area contributed by atoms with Crippen LogP contribution in [0.1, 0.15) is 10.4 Å². The highest BCUT2D eigenvalue weighted by Crippen LogP contribution is 2.28. The summed E-state index contributed by atoms with van der Waals surface area (Å²) >= 11 is 5.77. The molecule has 0 aliphatic carbocycles. The zero-order valence-corrected chi connectivity index (χ0v) is 8.01. The quantitative estimate of drug-likeness (QED) is 0.683. The molecule has 1 aromatic carbocycles. The molecule has 0 saturated heterocycles. The molecule has 0 amide bonds. The summed E-state index contributed by atoms with van der Waals surface area (Å²) in [4.78, 5) is 11.2. The standard InChI is InChI=1S/C9H8ClO3/c1-12-8-6(9(11)13-2)4-3-5-7(8)10/h4-5H,1-2H3. The van der Waals surface area contributed by atoms with Crippen LogP contribution in [-0.2, 0) is 4.74 Å². The van der Waals surface area contributed by atoms with Crippen molar-refractivity contribution in [1.82, 2.24) is 0 Å². The molecule has 0 atom stereocenters. The molecule has 0 spiro atoms. The number of halogens is 1. The topological polar surface area (TPSA) is 35.5 Å². The summed E-state index contributed by atoms with van der Waals surface area (Å²) in [6.07, 6.45) is 0. The van der Waals surface area contributed by atoms with Gasteiger partial charge in [0.05, 0.1) is 19.2 Å². The van der Waals surface area contributed by atoms with Gasteiger partial charge in [0.1, 0.15) is 5.56 Å². The second-order valence-corrected chi connectivity index (χ2v) is 2.65. The maximum Gasteiger partial charge on any atom is 0.341 e. The van der Waals surface area contributed by atoms with Gasteiger partial charge in [-0.25, -0.2) is 4.79 Å². The third kappa shape index (κ3) is 1.92.